The summed E-state index contributed by atoms with van der Waals surface area (Å²) in [7, 11) is 1.43. The molecule has 0 saturated heterocycles. The highest BCUT2D eigenvalue weighted by Gasteiger charge is 1.99. The van der Waals surface area contributed by atoms with E-state index < -0.39 is 0 Å². The van der Waals surface area contributed by atoms with Gasteiger partial charge in [0.15, 0.2) is 0 Å². The highest BCUT2D eigenvalue weighted by molar-refractivity contribution is 7.09. The zero-order valence-corrected chi connectivity index (χ0v) is 8.60. The molecule has 1 aromatic rings. The molecule has 0 aliphatic rings. The molecule has 0 amide bonds. The standard InChI is InChI=1S/C10H14O2S/c1-12-10(11)7-3-2-5-9-6-4-8-13-9/h4,6,8H,2-3,5,7H2,1H3. The molecule has 0 unspecified atom stereocenters. The Balaban J connectivity index is 2.05. The lowest BCUT2D eigenvalue weighted by Gasteiger charge is -1.98. The molecular formula is C10H14O2S. The van der Waals surface area contributed by atoms with Crippen LogP contribution < -0.4 is 0 Å². The third-order valence-corrected chi connectivity index (χ3v) is 2.80. The number of aryl methyl sites for hydroxylation is 1. The second-order valence-electron chi connectivity index (χ2n) is 2.86. The van der Waals surface area contributed by atoms with Gasteiger partial charge < -0.3 is 4.74 Å². The minimum absolute atomic E-state index is 0.105. The van der Waals surface area contributed by atoms with Gasteiger partial charge in [-0.05, 0) is 30.7 Å². The fraction of sp³-hybridized carbons (Fsp3) is 0.500. The second-order valence-corrected chi connectivity index (χ2v) is 3.89. The Hall–Kier alpha value is -0.830. The number of ether oxygens (including phenoxy) is 1. The van der Waals surface area contributed by atoms with Crippen LogP contribution in [0.25, 0.3) is 0 Å². The zero-order chi connectivity index (χ0) is 9.52. The Bertz CT molecular complexity index is 241. The zero-order valence-electron chi connectivity index (χ0n) is 7.79. The van der Waals surface area contributed by atoms with Crippen LogP contribution in [0, 0.1) is 0 Å². The SMILES string of the molecule is COC(=O)CCCCc1cccs1. The molecule has 0 radical (unpaired) electrons. The van der Waals surface area contributed by atoms with E-state index in [4.69, 9.17) is 0 Å². The first kappa shape index (κ1) is 10.3. The summed E-state index contributed by atoms with van der Waals surface area (Å²) in [5.41, 5.74) is 0. The van der Waals surface area contributed by atoms with Crippen molar-refractivity contribution >= 4 is 17.3 Å². The van der Waals surface area contributed by atoms with Crippen molar-refractivity contribution in [2.24, 2.45) is 0 Å². The molecule has 1 rings (SSSR count). The fourth-order valence-corrected chi connectivity index (χ4v) is 1.88. The Morgan fingerprint density at radius 2 is 2.38 bits per heavy atom. The molecular weight excluding hydrogens is 184 g/mol. The summed E-state index contributed by atoms with van der Waals surface area (Å²) >= 11 is 1.77. The van der Waals surface area contributed by atoms with E-state index in [2.05, 4.69) is 22.2 Å². The van der Waals surface area contributed by atoms with E-state index in [-0.39, 0.29) is 5.97 Å². The molecule has 0 aliphatic carbocycles. The molecule has 1 heterocycles. The quantitative estimate of drug-likeness (QED) is 0.537. The monoisotopic (exact) mass is 198 g/mol. The number of esters is 1. The van der Waals surface area contributed by atoms with Crippen LogP contribution in [0.5, 0.6) is 0 Å². The average molecular weight is 198 g/mol. The average Bonchev–Trinajstić information content (AvgIpc) is 2.64. The summed E-state index contributed by atoms with van der Waals surface area (Å²) in [6, 6.07) is 4.18. The molecule has 72 valence electrons. The Kier molecular flexibility index (Phi) is 4.54. The first-order valence-corrected chi connectivity index (χ1v) is 5.30. The largest absolute Gasteiger partial charge is 0.469 e. The van der Waals surface area contributed by atoms with Crippen molar-refractivity contribution in [1.82, 2.24) is 0 Å². The molecule has 0 atom stereocenters. The summed E-state index contributed by atoms with van der Waals surface area (Å²) in [6.07, 6.45) is 3.61. The number of hydrogen-bond acceptors (Lipinski definition) is 3. The van der Waals surface area contributed by atoms with E-state index in [1.807, 2.05) is 0 Å². The lowest BCUT2D eigenvalue weighted by atomic mass is 10.2. The Morgan fingerprint density at radius 1 is 1.54 bits per heavy atom. The highest BCUT2D eigenvalue weighted by atomic mass is 32.1. The van der Waals surface area contributed by atoms with Gasteiger partial charge in [0, 0.05) is 11.3 Å². The lowest BCUT2D eigenvalue weighted by Crippen LogP contribution is -1.99. The van der Waals surface area contributed by atoms with Gasteiger partial charge in [-0.3, -0.25) is 4.79 Å². The van der Waals surface area contributed by atoms with Gasteiger partial charge in [0.2, 0.25) is 0 Å². The molecule has 0 fully saturated rings. The van der Waals surface area contributed by atoms with Gasteiger partial charge >= 0.3 is 5.97 Å². The Morgan fingerprint density at radius 3 is 3.00 bits per heavy atom. The van der Waals surface area contributed by atoms with Crippen molar-refractivity contribution in [3.63, 3.8) is 0 Å². The molecule has 0 aliphatic heterocycles. The van der Waals surface area contributed by atoms with Gasteiger partial charge in [0.25, 0.3) is 0 Å². The molecule has 1 aromatic heterocycles. The molecule has 13 heavy (non-hydrogen) atoms. The van der Waals surface area contributed by atoms with Crippen molar-refractivity contribution < 1.29 is 9.53 Å². The number of methoxy groups -OCH3 is 1. The van der Waals surface area contributed by atoms with E-state index in [1.54, 1.807) is 11.3 Å². The van der Waals surface area contributed by atoms with Crippen molar-refractivity contribution in [3.8, 4) is 0 Å². The van der Waals surface area contributed by atoms with Gasteiger partial charge in [-0.2, -0.15) is 0 Å². The smallest absolute Gasteiger partial charge is 0.305 e. The van der Waals surface area contributed by atoms with E-state index in [9.17, 15) is 4.79 Å². The van der Waals surface area contributed by atoms with Crippen LogP contribution in [0.3, 0.4) is 0 Å². The van der Waals surface area contributed by atoms with E-state index in [0.717, 1.165) is 19.3 Å². The van der Waals surface area contributed by atoms with Crippen LogP contribution in [0.2, 0.25) is 0 Å². The fourth-order valence-electron chi connectivity index (χ4n) is 1.13. The molecule has 0 bridgehead atoms. The first-order valence-electron chi connectivity index (χ1n) is 4.42. The van der Waals surface area contributed by atoms with Crippen molar-refractivity contribution in [3.05, 3.63) is 22.4 Å². The Labute approximate surface area is 82.5 Å². The molecule has 0 saturated carbocycles. The third-order valence-electron chi connectivity index (χ3n) is 1.86. The van der Waals surface area contributed by atoms with Gasteiger partial charge in [0.05, 0.1) is 7.11 Å². The predicted octanol–water partition coefficient (Wildman–Crippen LogP) is 2.63. The molecule has 2 nitrogen and oxygen atoms in total. The van der Waals surface area contributed by atoms with Crippen molar-refractivity contribution in [2.75, 3.05) is 7.11 Å². The van der Waals surface area contributed by atoms with Crippen LogP contribution in [-0.2, 0) is 16.0 Å². The number of thiophene rings is 1. The molecule has 3 heteroatoms. The summed E-state index contributed by atoms with van der Waals surface area (Å²) in [6.45, 7) is 0. The predicted molar refractivity (Wildman–Crippen MR) is 53.9 cm³/mol. The lowest BCUT2D eigenvalue weighted by molar-refractivity contribution is -0.140. The summed E-state index contributed by atoms with van der Waals surface area (Å²) < 4.78 is 4.55. The first-order chi connectivity index (χ1) is 6.33. The van der Waals surface area contributed by atoms with E-state index in [1.165, 1.54) is 12.0 Å². The van der Waals surface area contributed by atoms with Crippen LogP contribution in [0.15, 0.2) is 17.5 Å². The van der Waals surface area contributed by atoms with Crippen LogP contribution in [0.1, 0.15) is 24.1 Å². The minimum Gasteiger partial charge on any atom is -0.469 e. The van der Waals surface area contributed by atoms with Gasteiger partial charge in [-0.1, -0.05) is 6.07 Å². The number of unbranched alkanes of at least 4 members (excludes halogenated alkanes) is 1. The number of carbonyl (C=O) groups excluding carboxylic acids is 1. The van der Waals surface area contributed by atoms with E-state index >= 15 is 0 Å². The van der Waals surface area contributed by atoms with Crippen LogP contribution in [0.4, 0.5) is 0 Å². The number of hydrogen-bond donors (Lipinski definition) is 0. The molecule has 0 spiro atoms. The van der Waals surface area contributed by atoms with Crippen LogP contribution >= 0.6 is 11.3 Å². The van der Waals surface area contributed by atoms with Gasteiger partial charge in [0.1, 0.15) is 0 Å². The molecule has 0 N–H and O–H groups in total. The second kappa shape index (κ2) is 5.75. The summed E-state index contributed by atoms with van der Waals surface area (Å²) in [5, 5.41) is 2.08. The topological polar surface area (TPSA) is 26.3 Å². The minimum atomic E-state index is -0.105. The summed E-state index contributed by atoms with van der Waals surface area (Å²) in [5.74, 6) is -0.105. The third kappa shape index (κ3) is 4.08. The maximum absolute atomic E-state index is 10.8. The number of carbonyl (C=O) groups is 1. The van der Waals surface area contributed by atoms with Crippen molar-refractivity contribution in [1.29, 1.82) is 0 Å². The van der Waals surface area contributed by atoms with Gasteiger partial charge in [-0.15, -0.1) is 11.3 Å². The summed E-state index contributed by atoms with van der Waals surface area (Å²) in [4.78, 5) is 12.1. The van der Waals surface area contributed by atoms with Gasteiger partial charge in [-0.25, -0.2) is 0 Å². The normalized spacial score (nSPS) is 9.92. The maximum atomic E-state index is 10.8. The van der Waals surface area contributed by atoms with Crippen molar-refractivity contribution in [2.45, 2.75) is 25.7 Å². The van der Waals surface area contributed by atoms with E-state index in [0.29, 0.717) is 6.42 Å². The van der Waals surface area contributed by atoms with Crippen LogP contribution in [-0.4, -0.2) is 13.1 Å². The highest BCUT2D eigenvalue weighted by Crippen LogP contribution is 2.12. The maximum Gasteiger partial charge on any atom is 0.305 e. The molecule has 0 aromatic carbocycles. The number of rotatable bonds is 5.